The van der Waals surface area contributed by atoms with Crippen molar-refractivity contribution in [3.8, 4) is 73.1 Å². The molecule has 0 unspecified atom stereocenters. The van der Waals surface area contributed by atoms with E-state index in [-0.39, 0.29) is 0 Å². The van der Waals surface area contributed by atoms with Gasteiger partial charge in [0.05, 0.1) is 102 Å². The number of aryl methyl sites for hydroxylation is 4. The summed E-state index contributed by atoms with van der Waals surface area (Å²) in [6.07, 6.45) is 5.75. The fraction of sp³-hybridized carbons (Fsp3) is 0.0339. The van der Waals surface area contributed by atoms with Gasteiger partial charge in [0.1, 0.15) is 0 Å². The highest BCUT2D eigenvalue weighted by Crippen LogP contribution is 2.44. The maximum absolute atomic E-state index is 5.33. The molecule has 0 N–H and O–H groups in total. The van der Waals surface area contributed by atoms with Gasteiger partial charge in [-0.2, -0.15) is 0 Å². The fourth-order valence-electron chi connectivity index (χ4n) is 19.6. The molecular formula is C118H79N9. The van der Waals surface area contributed by atoms with Crippen LogP contribution in [-0.4, -0.2) is 43.6 Å². The zero-order valence-corrected chi connectivity index (χ0v) is 70.2. The third kappa shape index (κ3) is 12.6. The minimum atomic E-state index is 0.856. The van der Waals surface area contributed by atoms with E-state index >= 15 is 0 Å². The van der Waals surface area contributed by atoms with Crippen molar-refractivity contribution in [2.45, 2.75) is 27.7 Å². The van der Waals surface area contributed by atoms with Crippen molar-refractivity contribution in [3.63, 3.8) is 0 Å². The van der Waals surface area contributed by atoms with Gasteiger partial charge >= 0.3 is 0 Å². The molecule has 0 aliphatic carbocycles. The summed E-state index contributed by atoms with van der Waals surface area (Å²) >= 11 is 0. The highest BCUT2D eigenvalue weighted by atomic mass is 15.0. The first-order chi connectivity index (χ1) is 62.6. The molecule has 6 aromatic heterocycles. The number of hydrogen-bond donors (Lipinski definition) is 0. The Kier molecular flexibility index (Phi) is 17.6. The summed E-state index contributed by atoms with van der Waals surface area (Å²) in [5, 5.41) is 21.6. The molecule has 20 aromatic carbocycles. The van der Waals surface area contributed by atoms with Gasteiger partial charge in [-0.05, 0) is 179 Å². The van der Waals surface area contributed by atoms with E-state index in [2.05, 4.69) is 430 Å². The second kappa shape index (κ2) is 30.2. The van der Waals surface area contributed by atoms with Crippen molar-refractivity contribution >= 4 is 163 Å². The van der Waals surface area contributed by atoms with E-state index in [9.17, 15) is 0 Å². The van der Waals surface area contributed by atoms with Crippen molar-refractivity contribution in [2.24, 2.45) is 0 Å². The van der Waals surface area contributed by atoms with Crippen LogP contribution < -0.4 is 0 Å². The number of fused-ring (bicyclic) bond motifs is 27. The predicted molar refractivity (Wildman–Crippen MR) is 533 cm³/mol. The lowest BCUT2D eigenvalue weighted by Crippen LogP contribution is -1.95. The number of para-hydroxylation sites is 6. The van der Waals surface area contributed by atoms with Crippen LogP contribution >= 0.6 is 0 Å². The van der Waals surface area contributed by atoms with E-state index in [0.717, 1.165) is 116 Å². The van der Waals surface area contributed by atoms with Crippen LogP contribution in [0.5, 0.6) is 0 Å². The van der Waals surface area contributed by atoms with Gasteiger partial charge in [0.15, 0.2) is 0 Å². The van der Waals surface area contributed by atoms with Crippen molar-refractivity contribution in [1.29, 1.82) is 0 Å². The molecule has 0 saturated carbocycles. The molecular weight excluding hydrogens is 1540 g/mol. The second-order valence-corrected chi connectivity index (χ2v) is 33.6. The molecule has 6 heterocycles. The first-order valence-electron chi connectivity index (χ1n) is 43.3. The summed E-state index contributed by atoms with van der Waals surface area (Å²) in [6.45, 7) is 8.55. The molecule has 26 aromatic rings. The number of nitrogens with zero attached hydrogens (tertiary/aromatic N) is 9. The third-order valence-electron chi connectivity index (χ3n) is 25.7. The van der Waals surface area contributed by atoms with Gasteiger partial charge in [-0.25, -0.2) is 15.0 Å². The van der Waals surface area contributed by atoms with Crippen LogP contribution in [0.15, 0.2) is 407 Å². The summed E-state index contributed by atoms with van der Waals surface area (Å²) in [4.78, 5) is 30.8. The van der Waals surface area contributed by atoms with E-state index in [1.165, 1.54) is 142 Å². The second-order valence-electron chi connectivity index (χ2n) is 33.6. The average Bonchev–Trinajstić information content (AvgIpc) is 1.71. The highest BCUT2D eigenvalue weighted by molar-refractivity contribution is 6.27. The first kappa shape index (κ1) is 74.2. The van der Waals surface area contributed by atoms with Gasteiger partial charge in [0.2, 0.25) is 0 Å². The van der Waals surface area contributed by atoms with Gasteiger partial charge in [-0.3, -0.25) is 15.0 Å². The maximum Gasteiger partial charge on any atom is 0.0979 e. The molecule has 0 spiro atoms. The normalized spacial score (nSPS) is 11.8. The van der Waals surface area contributed by atoms with Gasteiger partial charge in [-0.1, -0.05) is 313 Å². The van der Waals surface area contributed by atoms with Crippen molar-refractivity contribution < 1.29 is 0 Å². The molecule has 0 aliphatic rings. The summed E-state index contributed by atoms with van der Waals surface area (Å²) in [5.41, 5.74) is 31.7. The Morgan fingerprint density at radius 2 is 0.386 bits per heavy atom. The standard InChI is InChI=1S/C46H29N3.2C36H25N3/c1-3-11-30(12-4-1)33-21-25-38-40(27-33)41-28-34(31-13-5-2-6-14-31)22-26-39(41)46-45(38)47-29-42(48-46)32-19-23-35(24-20-32)49-43-17-9-7-15-36(43)37-16-8-10-18-44(37)49;1-22-11-17-26-27-18-12-23(2)20-31(27)36-35(30(26)19-22)37-21-32(38-36)24-13-15-25(16-14-24)39-33-9-5-3-7-28(33)29-8-4-6-10-34(29)39;1-22-11-17-28-30(19-22)31-20-23(2)12-18-29(31)36-35(28)37-21-32(38-36)24-13-15-25(16-14-24)39-33-9-5-3-7-26(33)27-8-4-6-10-34(27)39/h1-29H;2*3-21H,1-2H3. The van der Waals surface area contributed by atoms with Crippen LogP contribution in [0.1, 0.15) is 22.3 Å². The van der Waals surface area contributed by atoms with Crippen molar-refractivity contribution in [3.05, 3.63) is 429 Å². The van der Waals surface area contributed by atoms with Gasteiger partial charge in [-0.15, -0.1) is 0 Å². The van der Waals surface area contributed by atoms with Crippen LogP contribution in [0, 0.1) is 27.7 Å². The van der Waals surface area contributed by atoms with Crippen LogP contribution in [0.4, 0.5) is 0 Å². The number of benzene rings is 20. The van der Waals surface area contributed by atoms with Crippen LogP contribution in [0.25, 0.3) is 236 Å². The predicted octanol–water partition coefficient (Wildman–Crippen LogP) is 30.7. The average molecular weight is 1620 g/mol. The number of hydrogen-bond acceptors (Lipinski definition) is 6. The number of rotatable bonds is 8. The molecule has 0 fully saturated rings. The van der Waals surface area contributed by atoms with E-state index in [0.29, 0.717) is 0 Å². The van der Waals surface area contributed by atoms with Crippen molar-refractivity contribution in [2.75, 3.05) is 0 Å². The Labute approximate surface area is 731 Å². The zero-order chi connectivity index (χ0) is 84.5. The topological polar surface area (TPSA) is 92.1 Å². The van der Waals surface area contributed by atoms with Crippen molar-refractivity contribution in [1.82, 2.24) is 43.6 Å². The minimum absolute atomic E-state index is 0.856. The smallest absolute Gasteiger partial charge is 0.0979 e. The fourth-order valence-corrected chi connectivity index (χ4v) is 19.6. The molecule has 26 rings (SSSR count). The molecule has 596 valence electrons. The quantitative estimate of drug-likeness (QED) is 0.141. The molecule has 9 nitrogen and oxygen atoms in total. The molecule has 0 aliphatic heterocycles. The van der Waals surface area contributed by atoms with Crippen LogP contribution in [0.3, 0.4) is 0 Å². The van der Waals surface area contributed by atoms with Gasteiger partial charge in [0, 0.05) is 98.4 Å². The molecule has 0 amide bonds. The first-order valence-corrected chi connectivity index (χ1v) is 43.3. The van der Waals surface area contributed by atoms with E-state index in [4.69, 9.17) is 29.9 Å². The van der Waals surface area contributed by atoms with Crippen LogP contribution in [-0.2, 0) is 0 Å². The minimum Gasteiger partial charge on any atom is -0.309 e. The highest BCUT2D eigenvalue weighted by Gasteiger charge is 2.22. The zero-order valence-electron chi connectivity index (χ0n) is 70.2. The summed E-state index contributed by atoms with van der Waals surface area (Å²) in [5.74, 6) is 0. The monoisotopic (exact) mass is 1620 g/mol. The third-order valence-corrected chi connectivity index (χ3v) is 25.7. The lowest BCUT2D eigenvalue weighted by molar-refractivity contribution is 1.18. The number of aromatic nitrogens is 9. The Morgan fingerprint density at radius 1 is 0.157 bits per heavy atom. The maximum atomic E-state index is 5.33. The van der Waals surface area contributed by atoms with Gasteiger partial charge in [0.25, 0.3) is 0 Å². The summed E-state index contributed by atoms with van der Waals surface area (Å²) in [6, 6.07) is 139. The summed E-state index contributed by atoms with van der Waals surface area (Å²) < 4.78 is 7.02. The summed E-state index contributed by atoms with van der Waals surface area (Å²) in [7, 11) is 0. The Balaban J connectivity index is 0.000000107. The Bertz CT molecular complexity index is 8810. The molecule has 9 heteroatoms. The SMILES string of the molecule is Cc1ccc2c(c1)c1cc(C)ccc1c1nc(-c3ccc(-n4c5ccccc5c5ccccc54)cc3)cnc21.Cc1ccc2c3ccc(C)cc3c3nc(-c4ccc(-n5c6ccccc6c6ccccc65)cc4)cnc3c2c1.c1ccc(-c2ccc3c(c2)c2cc(-c4ccccc4)ccc2c2nc(-c4ccc(-n5c6ccccc6c6ccccc65)cc4)cnc32)cc1. The largest absolute Gasteiger partial charge is 0.309 e. The molecule has 127 heavy (non-hydrogen) atoms. The molecule has 0 saturated heterocycles. The van der Waals surface area contributed by atoms with E-state index in [1.807, 2.05) is 18.6 Å². The van der Waals surface area contributed by atoms with E-state index < -0.39 is 0 Å². The lowest BCUT2D eigenvalue weighted by Gasteiger charge is -2.14. The molecule has 0 radical (unpaired) electrons. The van der Waals surface area contributed by atoms with E-state index in [1.54, 1.807) is 0 Å². The molecule has 0 atom stereocenters. The lowest BCUT2D eigenvalue weighted by atomic mass is 9.93. The molecule has 0 bridgehead atoms. The Hall–Kier alpha value is -16.6. The Morgan fingerprint density at radius 3 is 0.701 bits per heavy atom. The van der Waals surface area contributed by atoms with Gasteiger partial charge < -0.3 is 13.7 Å². The van der Waals surface area contributed by atoms with Crippen LogP contribution in [0.2, 0.25) is 0 Å².